The number of fused-ring (bicyclic) bond motifs is 1. The molecule has 21 heavy (non-hydrogen) atoms. The van der Waals surface area contributed by atoms with Gasteiger partial charge in [-0.15, -0.1) is 0 Å². The van der Waals surface area contributed by atoms with Gasteiger partial charge < -0.3 is 9.73 Å². The maximum atomic E-state index is 13.3. The first-order chi connectivity index (χ1) is 9.78. The lowest BCUT2D eigenvalue weighted by Crippen LogP contribution is -2.21. The highest BCUT2D eigenvalue weighted by atomic mass is 19.1. The van der Waals surface area contributed by atoms with Gasteiger partial charge in [0.25, 0.3) is 0 Å². The van der Waals surface area contributed by atoms with Crippen LogP contribution in [0.5, 0.6) is 0 Å². The lowest BCUT2D eigenvalue weighted by atomic mass is 9.82. The average Bonchev–Trinajstić information content (AvgIpc) is 2.76. The quantitative estimate of drug-likeness (QED) is 0.809. The van der Waals surface area contributed by atoms with Crippen molar-refractivity contribution in [3.63, 3.8) is 0 Å². The second-order valence-electron chi connectivity index (χ2n) is 7.28. The van der Waals surface area contributed by atoms with Crippen molar-refractivity contribution in [3.8, 4) is 0 Å². The fourth-order valence-electron chi connectivity index (χ4n) is 3.11. The Labute approximate surface area is 126 Å². The van der Waals surface area contributed by atoms with Crippen LogP contribution in [-0.4, -0.2) is 7.05 Å². The van der Waals surface area contributed by atoms with Crippen molar-refractivity contribution in [1.82, 2.24) is 5.32 Å². The molecule has 0 amide bonds. The average molecular weight is 291 g/mol. The summed E-state index contributed by atoms with van der Waals surface area (Å²) in [5.74, 6) is 1.25. The monoisotopic (exact) mass is 291 g/mol. The number of hydrogen-bond acceptors (Lipinski definition) is 2. The first-order valence-electron chi connectivity index (χ1n) is 7.65. The minimum absolute atomic E-state index is 0.165. The van der Waals surface area contributed by atoms with Crippen LogP contribution < -0.4 is 5.32 Å². The SMILES string of the molecule is CNC(CC(C)CC(C)(C)C)c1cc2cc(F)ccc2o1. The van der Waals surface area contributed by atoms with E-state index in [1.165, 1.54) is 18.6 Å². The smallest absolute Gasteiger partial charge is 0.134 e. The highest BCUT2D eigenvalue weighted by Gasteiger charge is 2.21. The second-order valence-corrected chi connectivity index (χ2v) is 7.28. The summed E-state index contributed by atoms with van der Waals surface area (Å²) in [4.78, 5) is 0. The van der Waals surface area contributed by atoms with Crippen molar-refractivity contribution >= 4 is 11.0 Å². The molecular formula is C18H26FNO. The van der Waals surface area contributed by atoms with Crippen LogP contribution >= 0.6 is 0 Å². The zero-order valence-corrected chi connectivity index (χ0v) is 13.7. The third-order valence-electron chi connectivity index (χ3n) is 3.79. The summed E-state index contributed by atoms with van der Waals surface area (Å²) in [6.07, 6.45) is 2.18. The normalized spacial score (nSPS) is 15.3. The molecule has 0 aliphatic carbocycles. The molecular weight excluding hydrogens is 265 g/mol. The summed E-state index contributed by atoms with van der Waals surface area (Å²) >= 11 is 0. The molecule has 0 saturated carbocycles. The van der Waals surface area contributed by atoms with Crippen LogP contribution in [-0.2, 0) is 0 Å². The molecule has 2 aromatic rings. The molecule has 0 radical (unpaired) electrons. The number of hydrogen-bond donors (Lipinski definition) is 1. The van der Waals surface area contributed by atoms with Crippen molar-refractivity contribution in [1.29, 1.82) is 0 Å². The molecule has 1 aromatic carbocycles. The largest absolute Gasteiger partial charge is 0.459 e. The molecule has 2 rings (SSSR count). The van der Waals surface area contributed by atoms with E-state index in [0.717, 1.165) is 23.2 Å². The van der Waals surface area contributed by atoms with Crippen LogP contribution in [0.3, 0.4) is 0 Å². The number of rotatable bonds is 5. The summed E-state index contributed by atoms with van der Waals surface area (Å²) < 4.78 is 19.1. The molecule has 2 atom stereocenters. The molecule has 1 aromatic heterocycles. The van der Waals surface area contributed by atoms with E-state index >= 15 is 0 Å². The van der Waals surface area contributed by atoms with E-state index in [2.05, 4.69) is 33.0 Å². The first kappa shape index (κ1) is 16.0. The molecule has 0 spiro atoms. The van der Waals surface area contributed by atoms with E-state index in [4.69, 9.17) is 4.42 Å². The van der Waals surface area contributed by atoms with Crippen LogP contribution in [0.2, 0.25) is 0 Å². The van der Waals surface area contributed by atoms with Gasteiger partial charge in [0.2, 0.25) is 0 Å². The van der Waals surface area contributed by atoms with Gasteiger partial charge in [0, 0.05) is 5.39 Å². The van der Waals surface area contributed by atoms with E-state index in [0.29, 0.717) is 11.3 Å². The fraction of sp³-hybridized carbons (Fsp3) is 0.556. The number of furan rings is 1. The van der Waals surface area contributed by atoms with Crippen LogP contribution in [0, 0.1) is 17.2 Å². The molecule has 116 valence electrons. The Balaban J connectivity index is 2.15. The van der Waals surface area contributed by atoms with E-state index in [1.807, 2.05) is 13.1 Å². The summed E-state index contributed by atoms with van der Waals surface area (Å²) in [5, 5.41) is 4.15. The van der Waals surface area contributed by atoms with Crippen molar-refractivity contribution in [2.45, 2.75) is 46.6 Å². The van der Waals surface area contributed by atoms with Gasteiger partial charge in [0.05, 0.1) is 6.04 Å². The number of nitrogens with one attached hydrogen (secondary N) is 1. The highest BCUT2D eigenvalue weighted by molar-refractivity contribution is 5.78. The molecule has 0 saturated heterocycles. The van der Waals surface area contributed by atoms with Gasteiger partial charge >= 0.3 is 0 Å². The summed E-state index contributed by atoms with van der Waals surface area (Å²) in [6.45, 7) is 9.07. The van der Waals surface area contributed by atoms with Crippen molar-refractivity contribution in [2.24, 2.45) is 11.3 Å². The van der Waals surface area contributed by atoms with Gasteiger partial charge in [-0.05, 0) is 55.5 Å². The van der Waals surface area contributed by atoms with Crippen LogP contribution in [0.25, 0.3) is 11.0 Å². The first-order valence-corrected chi connectivity index (χ1v) is 7.65. The molecule has 3 heteroatoms. The van der Waals surface area contributed by atoms with Gasteiger partial charge in [-0.1, -0.05) is 27.7 Å². The lowest BCUT2D eigenvalue weighted by Gasteiger charge is -2.25. The molecule has 1 N–H and O–H groups in total. The van der Waals surface area contributed by atoms with Crippen LogP contribution in [0.4, 0.5) is 4.39 Å². The number of halogens is 1. The molecule has 1 heterocycles. The topological polar surface area (TPSA) is 25.2 Å². The van der Waals surface area contributed by atoms with E-state index in [9.17, 15) is 4.39 Å². The van der Waals surface area contributed by atoms with E-state index in [-0.39, 0.29) is 11.9 Å². The van der Waals surface area contributed by atoms with Gasteiger partial charge in [0.1, 0.15) is 17.2 Å². The molecule has 0 aliphatic rings. The standard InChI is InChI=1S/C18H26FNO/c1-12(11-18(2,3)4)8-15(20-5)17-10-13-9-14(19)6-7-16(13)21-17/h6-7,9-10,12,15,20H,8,11H2,1-5H3. The Kier molecular flexibility index (Phi) is 4.72. The van der Waals surface area contributed by atoms with Gasteiger partial charge in [-0.3, -0.25) is 0 Å². The van der Waals surface area contributed by atoms with Gasteiger partial charge in [-0.25, -0.2) is 4.39 Å². The maximum Gasteiger partial charge on any atom is 0.134 e. The Bertz CT molecular complexity index is 597. The second kappa shape index (κ2) is 6.18. The molecule has 0 fully saturated rings. The van der Waals surface area contributed by atoms with E-state index in [1.54, 1.807) is 6.07 Å². The third kappa shape index (κ3) is 4.31. The predicted molar refractivity (Wildman–Crippen MR) is 85.8 cm³/mol. The fourth-order valence-corrected chi connectivity index (χ4v) is 3.11. The van der Waals surface area contributed by atoms with Crippen LogP contribution in [0.1, 0.15) is 52.3 Å². The van der Waals surface area contributed by atoms with Gasteiger partial charge in [0.15, 0.2) is 0 Å². The minimum atomic E-state index is -0.225. The molecule has 2 unspecified atom stereocenters. The van der Waals surface area contributed by atoms with E-state index < -0.39 is 0 Å². The van der Waals surface area contributed by atoms with Crippen molar-refractivity contribution in [2.75, 3.05) is 7.05 Å². The minimum Gasteiger partial charge on any atom is -0.459 e. The summed E-state index contributed by atoms with van der Waals surface area (Å²) in [6, 6.07) is 6.76. The zero-order valence-electron chi connectivity index (χ0n) is 13.7. The Morgan fingerprint density at radius 2 is 1.95 bits per heavy atom. The Morgan fingerprint density at radius 3 is 2.57 bits per heavy atom. The lowest BCUT2D eigenvalue weighted by molar-refractivity contribution is 0.270. The molecule has 2 nitrogen and oxygen atoms in total. The Hall–Kier alpha value is -1.35. The zero-order chi connectivity index (χ0) is 15.6. The highest BCUT2D eigenvalue weighted by Crippen LogP contribution is 2.32. The summed E-state index contributed by atoms with van der Waals surface area (Å²) in [7, 11) is 1.95. The van der Waals surface area contributed by atoms with Crippen molar-refractivity contribution in [3.05, 3.63) is 35.8 Å². The predicted octanol–water partition coefficient (Wildman–Crippen LogP) is 5.29. The van der Waals surface area contributed by atoms with Gasteiger partial charge in [-0.2, -0.15) is 0 Å². The summed E-state index contributed by atoms with van der Waals surface area (Å²) in [5.41, 5.74) is 1.07. The van der Waals surface area contributed by atoms with Crippen molar-refractivity contribution < 1.29 is 8.81 Å². The third-order valence-corrected chi connectivity index (χ3v) is 3.79. The maximum absolute atomic E-state index is 13.3. The van der Waals surface area contributed by atoms with Crippen LogP contribution in [0.15, 0.2) is 28.7 Å². The molecule has 0 aliphatic heterocycles. The molecule has 0 bridgehead atoms. The number of benzene rings is 1. The Morgan fingerprint density at radius 1 is 1.24 bits per heavy atom.